The zero-order valence-electron chi connectivity index (χ0n) is 28.5. The number of benzene rings is 2. The summed E-state index contributed by atoms with van der Waals surface area (Å²) in [4.78, 5) is 39.8. The van der Waals surface area contributed by atoms with E-state index in [-0.39, 0.29) is 43.4 Å². The minimum absolute atomic E-state index is 0.0707. The zero-order chi connectivity index (χ0) is 35.6. The molecule has 0 radical (unpaired) electrons. The Morgan fingerprint density at radius 1 is 1.10 bits per heavy atom. The first-order valence-corrected chi connectivity index (χ1v) is 18.5. The molecule has 14 nitrogen and oxygen atoms in total. The third-order valence-electron chi connectivity index (χ3n) is 7.63. The van der Waals surface area contributed by atoms with Gasteiger partial charge in [-0.2, -0.15) is 5.26 Å². The Labute approximate surface area is 296 Å². The van der Waals surface area contributed by atoms with Gasteiger partial charge in [0.2, 0.25) is 0 Å². The monoisotopic (exact) mass is 721 g/mol. The van der Waals surface area contributed by atoms with Crippen LogP contribution < -0.4 is 10.1 Å². The van der Waals surface area contributed by atoms with E-state index in [1.807, 2.05) is 24.5 Å². The van der Waals surface area contributed by atoms with Gasteiger partial charge in [-0.25, -0.2) is 24.4 Å². The number of aromatic nitrogens is 4. The van der Waals surface area contributed by atoms with Crippen molar-refractivity contribution in [1.29, 1.82) is 5.26 Å². The lowest BCUT2D eigenvalue weighted by molar-refractivity contribution is -0.0494. The quantitative estimate of drug-likeness (QED) is 0.0441. The highest BCUT2D eigenvalue weighted by Gasteiger charge is 2.42. The first-order valence-electron chi connectivity index (χ1n) is 16.1. The molecule has 264 valence electrons. The molecule has 1 saturated heterocycles. The van der Waals surface area contributed by atoms with E-state index in [4.69, 9.17) is 23.3 Å². The van der Waals surface area contributed by atoms with E-state index in [2.05, 4.69) is 58.7 Å². The van der Waals surface area contributed by atoms with Crippen LogP contribution in [0, 0.1) is 11.3 Å². The van der Waals surface area contributed by atoms with Gasteiger partial charge in [0.15, 0.2) is 17.0 Å². The smallest absolute Gasteiger partial charge is 0.431 e. The van der Waals surface area contributed by atoms with Crippen molar-refractivity contribution in [2.75, 3.05) is 24.8 Å². The molecule has 1 amide bonds. The topological polar surface area (TPSA) is 163 Å². The summed E-state index contributed by atoms with van der Waals surface area (Å²) in [6.07, 6.45) is 2.48. The number of nitrogens with one attached hydrogen (secondary N) is 1. The van der Waals surface area contributed by atoms with Gasteiger partial charge in [0, 0.05) is 24.1 Å². The van der Waals surface area contributed by atoms with Crippen molar-refractivity contribution in [1.82, 2.24) is 24.2 Å². The Bertz CT molecular complexity index is 1780. The summed E-state index contributed by atoms with van der Waals surface area (Å²) in [6, 6.07) is 18.2. The molecule has 0 spiro atoms. The molecule has 4 atom stereocenters. The van der Waals surface area contributed by atoms with E-state index in [0.29, 0.717) is 28.9 Å². The highest BCUT2D eigenvalue weighted by atomic mass is 32.2. The van der Waals surface area contributed by atoms with Crippen LogP contribution >= 0.6 is 20.3 Å². The molecule has 1 fully saturated rings. The summed E-state index contributed by atoms with van der Waals surface area (Å²) in [5.74, 6) is 0.307. The molecule has 1 aliphatic heterocycles. The molecule has 4 aromatic rings. The highest BCUT2D eigenvalue weighted by Crippen LogP contribution is 2.50. The number of hydrogen-bond acceptors (Lipinski definition) is 13. The molecular weight excluding hydrogens is 681 g/mol. The highest BCUT2D eigenvalue weighted by molar-refractivity contribution is 7.98. The third kappa shape index (κ3) is 9.14. The van der Waals surface area contributed by atoms with Crippen molar-refractivity contribution in [3.05, 3.63) is 72.8 Å². The van der Waals surface area contributed by atoms with Crippen molar-refractivity contribution >= 4 is 49.3 Å². The van der Waals surface area contributed by atoms with Crippen LogP contribution in [0.1, 0.15) is 57.1 Å². The second-order valence-electron chi connectivity index (χ2n) is 11.7. The van der Waals surface area contributed by atoms with Crippen LogP contribution in [-0.2, 0) is 18.5 Å². The van der Waals surface area contributed by atoms with Crippen LogP contribution in [0.2, 0.25) is 0 Å². The number of amides is 1. The summed E-state index contributed by atoms with van der Waals surface area (Å²) < 4.78 is 34.3. The molecular formula is C34H40N7O7PS. The Hall–Kier alpha value is -4.16. The van der Waals surface area contributed by atoms with E-state index in [1.54, 1.807) is 47.3 Å². The number of nitrogens with zero attached hydrogens (tertiary/aromatic N) is 6. The number of anilines is 1. The van der Waals surface area contributed by atoms with Gasteiger partial charge in [-0.3, -0.25) is 9.36 Å². The molecule has 1 aliphatic rings. The SMILES string of the molecule is CSc1ccccc1OC(=O)OCC1OC(n2cnc3c(NC(=O)c4ccccc4)ncnc32)C[C@H]1OP(OCCC#N)N(C(C)C)C(C)C. The molecule has 1 N–H and O–H groups in total. The second-order valence-corrected chi connectivity index (χ2v) is 14.0. The zero-order valence-corrected chi connectivity index (χ0v) is 30.2. The third-order valence-corrected chi connectivity index (χ3v) is 10.6. The van der Waals surface area contributed by atoms with Gasteiger partial charge in [0.1, 0.15) is 31.0 Å². The summed E-state index contributed by atoms with van der Waals surface area (Å²) >= 11 is 1.45. The molecule has 2 aromatic carbocycles. The Kier molecular flexibility index (Phi) is 13.1. The lowest BCUT2D eigenvalue weighted by Gasteiger charge is -2.37. The van der Waals surface area contributed by atoms with Gasteiger partial charge >= 0.3 is 6.16 Å². The molecule has 3 unspecified atom stereocenters. The fourth-order valence-electron chi connectivity index (χ4n) is 5.44. The molecule has 2 aromatic heterocycles. The molecule has 50 heavy (non-hydrogen) atoms. The van der Waals surface area contributed by atoms with Gasteiger partial charge in [-0.1, -0.05) is 30.3 Å². The first kappa shape index (κ1) is 37.1. The minimum atomic E-state index is -1.64. The molecule has 0 aliphatic carbocycles. The standard InChI is InChI=1S/C34H40N7O7PS/c1-22(2)41(23(3)4)49(45-17-11-16-35)48-26-18-29(46-27(26)19-44-34(43)47-25-14-9-10-15-28(25)50-5)40-21-38-30-31(36-20-37-32(30)40)39-33(42)24-12-7-6-8-13-24/h6-10,12-15,20-23,26-27,29H,11,17-19H2,1-5H3,(H,36,37,39,42)/t26-,27?,29?,49?/m1/s1. The second kappa shape index (κ2) is 17.7. The maximum atomic E-state index is 12.9. The van der Waals surface area contributed by atoms with Gasteiger partial charge in [-0.15, -0.1) is 11.8 Å². The largest absolute Gasteiger partial charge is 0.513 e. The van der Waals surface area contributed by atoms with Crippen LogP contribution in [0.15, 0.2) is 72.1 Å². The van der Waals surface area contributed by atoms with Crippen molar-refractivity contribution in [2.24, 2.45) is 0 Å². The summed E-state index contributed by atoms with van der Waals surface area (Å²) in [6.45, 7) is 8.22. The van der Waals surface area contributed by atoms with Gasteiger partial charge in [-0.05, 0) is 58.2 Å². The average Bonchev–Trinajstić information content (AvgIpc) is 3.72. The number of imidazole rings is 1. The fourth-order valence-corrected chi connectivity index (χ4v) is 7.72. The normalized spacial score (nSPS) is 18.0. The van der Waals surface area contributed by atoms with Crippen molar-refractivity contribution < 1.29 is 32.8 Å². The Morgan fingerprint density at radius 3 is 2.56 bits per heavy atom. The molecule has 0 saturated carbocycles. The number of rotatable bonds is 15. The van der Waals surface area contributed by atoms with Crippen molar-refractivity contribution in [2.45, 2.75) is 76.0 Å². The summed E-state index contributed by atoms with van der Waals surface area (Å²) in [5, 5.41) is 12.0. The van der Waals surface area contributed by atoms with Crippen molar-refractivity contribution in [3.8, 4) is 11.8 Å². The van der Waals surface area contributed by atoms with Crippen LogP contribution in [0.3, 0.4) is 0 Å². The number of thioether (sulfide) groups is 1. The van der Waals surface area contributed by atoms with Gasteiger partial charge < -0.3 is 28.6 Å². The van der Waals surface area contributed by atoms with Gasteiger partial charge in [0.25, 0.3) is 14.4 Å². The number of nitriles is 1. The van der Waals surface area contributed by atoms with Gasteiger partial charge in [0.05, 0.1) is 36.4 Å². The fraction of sp³-hybridized carbons (Fsp3) is 0.412. The molecule has 16 heteroatoms. The van der Waals surface area contributed by atoms with Crippen molar-refractivity contribution in [3.63, 3.8) is 0 Å². The summed E-state index contributed by atoms with van der Waals surface area (Å²) in [5.41, 5.74) is 1.28. The number of carbonyl (C=O) groups is 2. The average molecular weight is 722 g/mol. The number of hydrogen-bond donors (Lipinski definition) is 1. The minimum Gasteiger partial charge on any atom is -0.431 e. The molecule has 5 rings (SSSR count). The predicted octanol–water partition coefficient (Wildman–Crippen LogP) is 6.96. The van der Waals surface area contributed by atoms with E-state index in [0.717, 1.165) is 4.90 Å². The number of fused-ring (bicyclic) bond motifs is 1. The van der Waals surface area contributed by atoms with Crippen LogP contribution in [0.5, 0.6) is 5.75 Å². The number of carbonyl (C=O) groups excluding carboxylic acids is 2. The molecule has 0 bridgehead atoms. The summed E-state index contributed by atoms with van der Waals surface area (Å²) in [7, 11) is -1.64. The lowest BCUT2D eigenvalue weighted by Crippen LogP contribution is -2.37. The van der Waals surface area contributed by atoms with Crippen LogP contribution in [0.25, 0.3) is 11.2 Å². The Morgan fingerprint density at radius 2 is 1.84 bits per heavy atom. The van der Waals surface area contributed by atoms with E-state index in [1.165, 1.54) is 18.1 Å². The Balaban J connectivity index is 1.39. The number of para-hydroxylation sites is 1. The first-order chi connectivity index (χ1) is 24.2. The van der Waals surface area contributed by atoms with E-state index < -0.39 is 33.1 Å². The van der Waals surface area contributed by atoms with Crippen LogP contribution in [-0.4, -0.2) is 80.0 Å². The lowest BCUT2D eigenvalue weighted by atomic mass is 10.2. The van der Waals surface area contributed by atoms with E-state index >= 15 is 0 Å². The predicted molar refractivity (Wildman–Crippen MR) is 189 cm³/mol. The maximum absolute atomic E-state index is 12.9. The maximum Gasteiger partial charge on any atom is 0.513 e. The number of ether oxygens (including phenoxy) is 3. The van der Waals surface area contributed by atoms with Crippen LogP contribution in [0.4, 0.5) is 10.6 Å². The molecule has 3 heterocycles. The van der Waals surface area contributed by atoms with E-state index in [9.17, 15) is 14.9 Å².